The highest BCUT2D eigenvalue weighted by Crippen LogP contribution is 2.15. The Kier molecular flexibility index (Phi) is 6.14. The number of hydrogen-bond donors (Lipinski definition) is 2. The van der Waals surface area contributed by atoms with Crippen molar-refractivity contribution in [1.29, 1.82) is 0 Å². The van der Waals surface area contributed by atoms with Gasteiger partial charge in [0, 0.05) is 25.7 Å². The molecule has 0 unspecified atom stereocenters. The summed E-state index contributed by atoms with van der Waals surface area (Å²) in [5.74, 6) is -0.839. The van der Waals surface area contributed by atoms with Gasteiger partial charge in [-0.15, -0.1) is 0 Å². The summed E-state index contributed by atoms with van der Waals surface area (Å²) in [6.45, 7) is 2.88. The standard InChI is InChI=1S/C16H21N3O5/c1-11(20)17-14(16(22)19-7-9-24-10-8-19)15(21)18-12-3-5-13(23-2)6-4-12/h3-6,14H,7-10H2,1-2H3,(H,17,20)(H,18,21)/t14-/m0/s1. The minimum absolute atomic E-state index is 0.394. The van der Waals surface area contributed by atoms with Crippen molar-refractivity contribution in [3.8, 4) is 5.75 Å². The number of morpholine rings is 1. The summed E-state index contributed by atoms with van der Waals surface area (Å²) in [7, 11) is 1.54. The number of ether oxygens (including phenoxy) is 2. The second-order valence-electron chi connectivity index (χ2n) is 5.29. The molecule has 1 aromatic rings. The van der Waals surface area contributed by atoms with Crippen LogP contribution in [0.15, 0.2) is 24.3 Å². The number of benzene rings is 1. The lowest BCUT2D eigenvalue weighted by Crippen LogP contribution is -2.56. The molecule has 1 fully saturated rings. The maximum Gasteiger partial charge on any atom is 0.256 e. The van der Waals surface area contributed by atoms with Crippen molar-refractivity contribution >= 4 is 23.4 Å². The lowest BCUT2D eigenvalue weighted by Gasteiger charge is -2.30. The van der Waals surface area contributed by atoms with Crippen LogP contribution in [0.5, 0.6) is 5.75 Å². The Balaban J connectivity index is 2.08. The number of methoxy groups -OCH3 is 1. The third-order valence-corrected chi connectivity index (χ3v) is 3.54. The lowest BCUT2D eigenvalue weighted by molar-refractivity contribution is -0.143. The number of amides is 3. The molecule has 8 nitrogen and oxygen atoms in total. The molecular weight excluding hydrogens is 314 g/mol. The predicted molar refractivity (Wildman–Crippen MR) is 86.6 cm³/mol. The van der Waals surface area contributed by atoms with Gasteiger partial charge in [-0.25, -0.2) is 0 Å². The minimum atomic E-state index is -1.28. The van der Waals surface area contributed by atoms with Crippen molar-refractivity contribution in [2.45, 2.75) is 13.0 Å². The molecule has 1 atom stereocenters. The zero-order valence-electron chi connectivity index (χ0n) is 13.7. The maximum atomic E-state index is 12.5. The zero-order valence-corrected chi connectivity index (χ0v) is 13.7. The van der Waals surface area contributed by atoms with Crippen molar-refractivity contribution in [3.05, 3.63) is 24.3 Å². The zero-order chi connectivity index (χ0) is 17.5. The predicted octanol–water partition coefficient (Wildman–Crippen LogP) is -0.00280. The Morgan fingerprint density at radius 2 is 1.79 bits per heavy atom. The first-order valence-corrected chi connectivity index (χ1v) is 7.60. The van der Waals surface area contributed by atoms with E-state index in [1.54, 1.807) is 31.4 Å². The SMILES string of the molecule is COc1ccc(NC(=O)[C@H](NC(C)=O)C(=O)N2CCOCC2)cc1. The average molecular weight is 335 g/mol. The van der Waals surface area contributed by atoms with Crippen LogP contribution in [0.2, 0.25) is 0 Å². The summed E-state index contributed by atoms with van der Waals surface area (Å²) in [5, 5.41) is 5.04. The van der Waals surface area contributed by atoms with Gasteiger partial charge in [-0.05, 0) is 24.3 Å². The minimum Gasteiger partial charge on any atom is -0.497 e. The number of hydrogen-bond acceptors (Lipinski definition) is 5. The van der Waals surface area contributed by atoms with E-state index >= 15 is 0 Å². The summed E-state index contributed by atoms with van der Waals surface area (Å²) in [5.41, 5.74) is 0.505. The molecule has 0 spiro atoms. The molecule has 0 saturated carbocycles. The monoisotopic (exact) mass is 335 g/mol. The van der Waals surface area contributed by atoms with Crippen LogP contribution in [-0.2, 0) is 19.1 Å². The molecule has 1 aromatic carbocycles. The molecule has 130 valence electrons. The van der Waals surface area contributed by atoms with Crippen LogP contribution >= 0.6 is 0 Å². The largest absolute Gasteiger partial charge is 0.497 e. The lowest BCUT2D eigenvalue weighted by atomic mass is 10.2. The number of nitrogens with one attached hydrogen (secondary N) is 2. The summed E-state index contributed by atoms with van der Waals surface area (Å²) >= 11 is 0. The van der Waals surface area contributed by atoms with Crippen LogP contribution in [0.25, 0.3) is 0 Å². The van der Waals surface area contributed by atoms with Gasteiger partial charge in [-0.2, -0.15) is 0 Å². The molecule has 8 heteroatoms. The van der Waals surface area contributed by atoms with Crippen LogP contribution in [-0.4, -0.2) is 62.1 Å². The molecule has 0 radical (unpaired) electrons. The maximum absolute atomic E-state index is 12.5. The van der Waals surface area contributed by atoms with Gasteiger partial charge < -0.3 is 25.0 Å². The molecule has 0 bridgehead atoms. The van der Waals surface area contributed by atoms with Crippen molar-refractivity contribution in [3.63, 3.8) is 0 Å². The number of carbonyl (C=O) groups excluding carboxylic acids is 3. The van der Waals surface area contributed by atoms with Gasteiger partial charge in [0.15, 0.2) is 6.04 Å². The van der Waals surface area contributed by atoms with E-state index in [2.05, 4.69) is 10.6 Å². The molecule has 2 N–H and O–H groups in total. The van der Waals surface area contributed by atoms with Gasteiger partial charge in [0.05, 0.1) is 20.3 Å². The van der Waals surface area contributed by atoms with Crippen LogP contribution in [0.1, 0.15) is 6.92 Å². The highest BCUT2D eigenvalue weighted by atomic mass is 16.5. The summed E-state index contributed by atoms with van der Waals surface area (Å²) < 4.78 is 10.2. The number of nitrogens with zero attached hydrogens (tertiary/aromatic N) is 1. The molecule has 2 rings (SSSR count). The van der Waals surface area contributed by atoms with Crippen molar-refractivity contribution in [1.82, 2.24) is 10.2 Å². The molecule has 1 aliphatic rings. The van der Waals surface area contributed by atoms with Crippen LogP contribution in [0.4, 0.5) is 5.69 Å². The Hall–Kier alpha value is -2.61. The average Bonchev–Trinajstić information content (AvgIpc) is 2.60. The first-order chi connectivity index (χ1) is 11.5. The normalized spacial score (nSPS) is 15.3. The fourth-order valence-electron chi connectivity index (χ4n) is 2.30. The molecule has 24 heavy (non-hydrogen) atoms. The van der Waals surface area contributed by atoms with E-state index in [0.717, 1.165) is 0 Å². The van der Waals surface area contributed by atoms with E-state index in [1.807, 2.05) is 0 Å². The molecular formula is C16H21N3O5. The van der Waals surface area contributed by atoms with Gasteiger partial charge in [-0.3, -0.25) is 14.4 Å². The fraction of sp³-hybridized carbons (Fsp3) is 0.438. The second-order valence-corrected chi connectivity index (χ2v) is 5.29. The second kappa shape index (κ2) is 8.30. The van der Waals surface area contributed by atoms with Crippen molar-refractivity contribution in [2.24, 2.45) is 0 Å². The molecule has 1 saturated heterocycles. The molecule has 1 heterocycles. The first kappa shape index (κ1) is 17.7. The highest BCUT2D eigenvalue weighted by molar-refractivity contribution is 6.11. The smallest absolute Gasteiger partial charge is 0.256 e. The van der Waals surface area contributed by atoms with Crippen LogP contribution in [0, 0.1) is 0 Å². The summed E-state index contributed by atoms with van der Waals surface area (Å²) in [4.78, 5) is 37.9. The molecule has 3 amide bonds. The van der Waals surface area contributed by atoms with Gasteiger partial charge in [0.1, 0.15) is 5.75 Å². The Labute approximate surface area is 140 Å². The number of rotatable bonds is 5. The topological polar surface area (TPSA) is 97.0 Å². The van der Waals surface area contributed by atoms with Gasteiger partial charge in [0.25, 0.3) is 11.8 Å². The first-order valence-electron chi connectivity index (χ1n) is 7.60. The third kappa shape index (κ3) is 4.69. The van der Waals surface area contributed by atoms with E-state index in [-0.39, 0.29) is 0 Å². The van der Waals surface area contributed by atoms with E-state index in [4.69, 9.17) is 9.47 Å². The Morgan fingerprint density at radius 3 is 2.33 bits per heavy atom. The van der Waals surface area contributed by atoms with Crippen LogP contribution < -0.4 is 15.4 Å². The Bertz CT molecular complexity index is 596. The van der Waals surface area contributed by atoms with Crippen molar-refractivity contribution in [2.75, 3.05) is 38.7 Å². The fourth-order valence-corrected chi connectivity index (χ4v) is 2.30. The summed E-state index contributed by atoms with van der Waals surface area (Å²) in [6, 6.07) is 5.41. The van der Waals surface area contributed by atoms with E-state index in [1.165, 1.54) is 11.8 Å². The van der Waals surface area contributed by atoms with Crippen LogP contribution in [0.3, 0.4) is 0 Å². The third-order valence-electron chi connectivity index (χ3n) is 3.54. The number of carbonyl (C=O) groups is 3. The van der Waals surface area contributed by atoms with Gasteiger partial charge in [0.2, 0.25) is 5.91 Å². The quantitative estimate of drug-likeness (QED) is 0.738. The highest BCUT2D eigenvalue weighted by Gasteiger charge is 2.32. The van der Waals surface area contributed by atoms with E-state index in [0.29, 0.717) is 37.7 Å². The molecule has 0 aromatic heterocycles. The summed E-state index contributed by atoms with van der Waals surface area (Å²) in [6.07, 6.45) is 0. The molecule has 0 aliphatic carbocycles. The number of anilines is 1. The van der Waals surface area contributed by atoms with Gasteiger partial charge >= 0.3 is 0 Å². The van der Waals surface area contributed by atoms with E-state index in [9.17, 15) is 14.4 Å². The molecule has 1 aliphatic heterocycles. The Morgan fingerprint density at radius 1 is 1.17 bits per heavy atom. The van der Waals surface area contributed by atoms with E-state index < -0.39 is 23.8 Å². The van der Waals surface area contributed by atoms with Gasteiger partial charge in [-0.1, -0.05) is 0 Å². The van der Waals surface area contributed by atoms with Crippen molar-refractivity contribution < 1.29 is 23.9 Å².